The first-order chi connectivity index (χ1) is 28.5. The predicted molar refractivity (Wildman–Crippen MR) is 253 cm³/mol. The van der Waals surface area contributed by atoms with Crippen LogP contribution in [0.15, 0.2) is 132 Å². The van der Waals surface area contributed by atoms with Crippen LogP contribution in [0, 0.1) is 63.2 Å². The summed E-state index contributed by atoms with van der Waals surface area (Å²) in [7, 11) is 0. The Kier molecular flexibility index (Phi) is 15.0. The van der Waals surface area contributed by atoms with Crippen LogP contribution < -0.4 is 24.8 Å². The predicted octanol–water partition coefficient (Wildman–Crippen LogP) is 9.70. The van der Waals surface area contributed by atoms with Crippen molar-refractivity contribution in [2.24, 2.45) is 50.7 Å². The second-order valence-electron chi connectivity index (χ2n) is 21.2. The van der Waals surface area contributed by atoms with E-state index < -0.39 is 4.84 Å². The molecular weight excluding hydrogens is 918 g/mol. The number of hydrogen-bond donors (Lipinski definition) is 0. The van der Waals surface area contributed by atoms with Gasteiger partial charge in [0.1, 0.15) is 4.84 Å². The van der Waals surface area contributed by atoms with Crippen LogP contribution in [-0.2, 0) is 30.7 Å². The van der Waals surface area contributed by atoms with Crippen molar-refractivity contribution in [2.75, 3.05) is 0 Å². The molecule has 0 aliphatic heterocycles. The Balaban J connectivity index is 0.000000166. The summed E-state index contributed by atoms with van der Waals surface area (Å²) in [4.78, 5) is -0.433. The summed E-state index contributed by atoms with van der Waals surface area (Å²) in [5, 5.41) is 0. The van der Waals surface area contributed by atoms with Crippen molar-refractivity contribution >= 4 is 32.0 Å². The number of hydrogen-bond acceptors (Lipinski definition) is 0. The molecule has 8 aliphatic rings. The molecule has 8 aliphatic carbocycles. The van der Waals surface area contributed by atoms with Crippen molar-refractivity contribution in [2.45, 2.75) is 118 Å². The van der Waals surface area contributed by atoms with Crippen molar-refractivity contribution in [1.29, 1.82) is 0 Å². The van der Waals surface area contributed by atoms with Gasteiger partial charge in [-0.05, 0) is 77.6 Å². The molecule has 0 nitrogen and oxygen atoms in total. The van der Waals surface area contributed by atoms with Crippen molar-refractivity contribution in [3.8, 4) is 0 Å². The van der Waals surface area contributed by atoms with E-state index in [0.717, 1.165) is 24.2 Å². The van der Waals surface area contributed by atoms with Crippen LogP contribution in [0.1, 0.15) is 129 Å². The number of alkyl halides is 2. The van der Waals surface area contributed by atoms with Gasteiger partial charge in [-0.3, -0.25) is 6.58 Å². The zero-order valence-corrected chi connectivity index (χ0v) is 43.7. The normalized spacial score (nSPS) is 30.0. The fourth-order valence-electron chi connectivity index (χ4n) is 14.0. The molecule has 5 fully saturated rings. The first-order valence-electron chi connectivity index (χ1n) is 22.8. The molecule has 11 rings (SSSR count). The number of fused-ring (bicyclic) bond motifs is 6. The molecule has 0 N–H and O–H groups in total. The van der Waals surface area contributed by atoms with Crippen molar-refractivity contribution < 1.29 is 49.0 Å². The summed E-state index contributed by atoms with van der Waals surface area (Å²) in [5.74, 6) is 5.02. The number of benzene rings is 3. The SMILES string of the molecule is C[C-]1C2=C3Cc4ccccc4C3=C3C=CCCC3C2(C)C(C)(C)C(C)(C)C1(C)C.[CH-]=CC(=CC(Cl)Cl)C12CC3CC(CC(C3)C1)C2.[Cl-].[Cl-].[Zr+2]=[C](c1ccccc1)c1ccccc1. The van der Waals surface area contributed by atoms with Crippen LogP contribution in [0.2, 0.25) is 0 Å². The minimum atomic E-state index is -0.433. The summed E-state index contributed by atoms with van der Waals surface area (Å²) in [6.45, 7) is 26.1. The molecule has 2 atom stereocenters. The van der Waals surface area contributed by atoms with E-state index in [-0.39, 0.29) is 46.5 Å². The Morgan fingerprint density at radius 3 is 1.79 bits per heavy atom. The summed E-state index contributed by atoms with van der Waals surface area (Å²) >= 11 is 13.3. The summed E-state index contributed by atoms with van der Waals surface area (Å²) in [5.41, 5.74) is 14.5. The Hall–Kier alpha value is -1.86. The van der Waals surface area contributed by atoms with Crippen molar-refractivity contribution in [3.63, 3.8) is 0 Å². The van der Waals surface area contributed by atoms with Gasteiger partial charge in [-0.15, -0.1) is 36.2 Å². The first-order valence-corrected chi connectivity index (χ1v) is 24.9. The molecule has 62 heavy (non-hydrogen) atoms. The second kappa shape index (κ2) is 18.8. The van der Waals surface area contributed by atoms with E-state index in [0.29, 0.717) is 11.3 Å². The van der Waals surface area contributed by atoms with Gasteiger partial charge >= 0.3 is 99.2 Å². The van der Waals surface area contributed by atoms with Gasteiger partial charge in [0.15, 0.2) is 0 Å². The Bertz CT molecular complexity index is 2180. The summed E-state index contributed by atoms with van der Waals surface area (Å²) in [6.07, 6.45) is 20.5. The fourth-order valence-corrected chi connectivity index (χ4v) is 15.0. The molecule has 3 aromatic carbocycles. The minimum absolute atomic E-state index is 0. The van der Waals surface area contributed by atoms with Crippen LogP contribution in [-0.4, -0.2) is 8.04 Å². The molecule has 0 heterocycles. The molecule has 4 bridgehead atoms. The molecule has 5 saturated carbocycles. The Morgan fingerprint density at radius 1 is 0.758 bits per heavy atom. The molecular formula is C57H66Cl4Zr-2. The average molecular weight is 984 g/mol. The van der Waals surface area contributed by atoms with Crippen LogP contribution in [0.25, 0.3) is 5.57 Å². The van der Waals surface area contributed by atoms with E-state index in [9.17, 15) is 0 Å². The average Bonchev–Trinajstić information content (AvgIpc) is 3.62. The standard InChI is InChI=1S/C29H37.C15H19Cl2.C13H10.2ClH.Zr/c1-18-25-22-17-19-13-9-10-14-20(19)24(22)21-15-11-12-16-23(21)29(25,8)28(6,7)27(4,5)26(18,2)3;1-2-13(6-14(16)17)15-7-10-3-11(8-15)5-12(4-10)9-15;1-3-7-12(8-4-1)11-13-9-5-2-6-10-13;;;/h9-11,13-15,23H,12,16-17H2,1-8H3;1-2,6,10-12,14H,3-5,7-9H2;1-10H;2*1H;/q2*-1;;;;+2/p-2. The fraction of sp³-hybridized carbons (Fsp3) is 0.474. The molecule has 0 amide bonds. The van der Waals surface area contributed by atoms with Crippen LogP contribution in [0.3, 0.4) is 0 Å². The number of allylic oxidation sites excluding steroid dienone is 9. The van der Waals surface area contributed by atoms with Gasteiger partial charge in [-0.25, -0.2) is 12.0 Å². The molecule has 0 aromatic heterocycles. The van der Waals surface area contributed by atoms with E-state index in [4.69, 9.17) is 29.8 Å². The van der Waals surface area contributed by atoms with Gasteiger partial charge in [-0.1, -0.05) is 138 Å². The van der Waals surface area contributed by atoms with E-state index >= 15 is 0 Å². The monoisotopic (exact) mass is 980 g/mol. The topological polar surface area (TPSA) is 0 Å². The number of halogens is 4. The van der Waals surface area contributed by atoms with E-state index in [2.05, 4.69) is 152 Å². The van der Waals surface area contributed by atoms with Gasteiger partial charge in [0, 0.05) is 0 Å². The van der Waals surface area contributed by atoms with Crippen LogP contribution in [0.4, 0.5) is 0 Å². The summed E-state index contributed by atoms with van der Waals surface area (Å²) < 4.78 is 1.42. The third-order valence-electron chi connectivity index (χ3n) is 18.1. The maximum absolute atomic E-state index is 5.90. The molecule has 0 radical (unpaired) electrons. The molecule has 328 valence electrons. The Morgan fingerprint density at radius 2 is 1.27 bits per heavy atom. The first kappa shape index (κ1) is 49.6. The Labute approximate surface area is 412 Å². The number of rotatable bonds is 5. The van der Waals surface area contributed by atoms with Gasteiger partial charge in [0.25, 0.3) is 0 Å². The zero-order chi connectivity index (χ0) is 42.8. The quantitative estimate of drug-likeness (QED) is 0.136. The van der Waals surface area contributed by atoms with Gasteiger partial charge in [0.05, 0.1) is 0 Å². The second-order valence-corrected chi connectivity index (χ2v) is 23.6. The molecule has 2 unspecified atom stereocenters. The van der Waals surface area contributed by atoms with E-state index in [1.807, 2.05) is 6.08 Å². The van der Waals surface area contributed by atoms with Crippen LogP contribution >= 0.6 is 23.2 Å². The van der Waals surface area contributed by atoms with Crippen LogP contribution in [0.5, 0.6) is 0 Å². The molecule has 0 saturated heterocycles. The molecule has 0 spiro atoms. The van der Waals surface area contributed by atoms with Crippen molar-refractivity contribution in [3.05, 3.63) is 166 Å². The molecule has 5 heteroatoms. The zero-order valence-electron chi connectivity index (χ0n) is 38.2. The third kappa shape index (κ3) is 8.20. The molecule has 3 aromatic rings. The van der Waals surface area contributed by atoms with E-state index in [1.165, 1.54) is 107 Å². The van der Waals surface area contributed by atoms with Crippen molar-refractivity contribution in [1.82, 2.24) is 0 Å². The van der Waals surface area contributed by atoms with Gasteiger partial charge < -0.3 is 24.8 Å². The third-order valence-corrected chi connectivity index (χ3v) is 19.7. The van der Waals surface area contributed by atoms with E-state index in [1.54, 1.807) is 34.3 Å². The van der Waals surface area contributed by atoms with Gasteiger partial charge in [-0.2, -0.15) is 16.7 Å². The van der Waals surface area contributed by atoms with Gasteiger partial charge in [0.2, 0.25) is 0 Å². The maximum atomic E-state index is 5.90. The summed E-state index contributed by atoms with van der Waals surface area (Å²) in [6, 6.07) is 30.3.